The second kappa shape index (κ2) is 7.63. The van der Waals surface area contributed by atoms with E-state index in [1.54, 1.807) is 0 Å². The minimum atomic E-state index is 0.695. The topological polar surface area (TPSA) is 38.5 Å². The molecule has 3 nitrogen and oxygen atoms in total. The van der Waals surface area contributed by atoms with Gasteiger partial charge in [-0.3, -0.25) is 0 Å². The van der Waals surface area contributed by atoms with Crippen LogP contribution in [0.15, 0.2) is 24.3 Å². The highest BCUT2D eigenvalue weighted by Crippen LogP contribution is 2.17. The molecular formula is C16H26N2O. The van der Waals surface area contributed by atoms with E-state index in [4.69, 9.17) is 10.5 Å². The molecule has 19 heavy (non-hydrogen) atoms. The fraction of sp³-hybridized carbons (Fsp3) is 0.625. The summed E-state index contributed by atoms with van der Waals surface area (Å²) < 4.78 is 5.55. The molecule has 0 aliphatic carbocycles. The summed E-state index contributed by atoms with van der Waals surface area (Å²) in [4.78, 5) is 2.41. The second-order valence-electron chi connectivity index (χ2n) is 5.59. The highest BCUT2D eigenvalue weighted by molar-refractivity contribution is 5.27. The molecule has 1 aromatic carbocycles. The van der Waals surface area contributed by atoms with Gasteiger partial charge in [-0.05, 0) is 49.9 Å². The lowest BCUT2D eigenvalue weighted by molar-refractivity contribution is 0.0411. The van der Waals surface area contributed by atoms with Crippen LogP contribution in [0, 0.1) is 5.92 Å². The Hall–Kier alpha value is -0.900. The zero-order valence-electron chi connectivity index (χ0n) is 12.0. The Morgan fingerprint density at radius 2 is 2.11 bits per heavy atom. The number of hydrogen-bond donors (Lipinski definition) is 1. The fourth-order valence-electron chi connectivity index (χ4n) is 2.86. The first kappa shape index (κ1) is 14.5. The molecule has 1 aliphatic rings. The van der Waals surface area contributed by atoms with Crippen molar-refractivity contribution in [3.63, 3.8) is 0 Å². The predicted octanol–water partition coefficient (Wildman–Crippen LogP) is 2.05. The molecule has 1 fully saturated rings. The van der Waals surface area contributed by atoms with Crippen molar-refractivity contribution >= 4 is 0 Å². The van der Waals surface area contributed by atoms with Gasteiger partial charge < -0.3 is 15.4 Å². The van der Waals surface area contributed by atoms with Gasteiger partial charge in [0.15, 0.2) is 0 Å². The largest absolute Gasteiger partial charge is 0.381 e. The van der Waals surface area contributed by atoms with Gasteiger partial charge in [-0.1, -0.05) is 24.3 Å². The molecule has 1 heterocycles. The lowest BCUT2D eigenvalue weighted by Crippen LogP contribution is -2.30. The molecule has 1 atom stereocenters. The summed E-state index contributed by atoms with van der Waals surface area (Å²) >= 11 is 0. The van der Waals surface area contributed by atoms with Crippen LogP contribution in [0.3, 0.4) is 0 Å². The molecule has 106 valence electrons. The Bertz CT molecular complexity index is 375. The zero-order chi connectivity index (χ0) is 13.5. The summed E-state index contributed by atoms with van der Waals surface area (Å²) in [7, 11) is 2.20. The van der Waals surface area contributed by atoms with E-state index in [1.165, 1.54) is 24.0 Å². The Labute approximate surface area is 116 Å². The number of ether oxygens (including phenoxy) is 1. The second-order valence-corrected chi connectivity index (χ2v) is 5.59. The first-order valence-electron chi connectivity index (χ1n) is 7.32. The molecule has 1 aromatic rings. The number of nitrogens with two attached hydrogens (primary N) is 1. The van der Waals surface area contributed by atoms with E-state index in [0.717, 1.165) is 39.3 Å². The molecule has 0 saturated carbocycles. The third kappa shape index (κ3) is 4.60. The molecule has 1 aliphatic heterocycles. The Morgan fingerprint density at radius 3 is 2.79 bits per heavy atom. The quantitative estimate of drug-likeness (QED) is 0.852. The van der Waals surface area contributed by atoms with Crippen molar-refractivity contribution in [3.05, 3.63) is 35.4 Å². The molecule has 2 rings (SSSR count). The van der Waals surface area contributed by atoms with Gasteiger partial charge in [-0.25, -0.2) is 0 Å². The molecule has 2 N–H and O–H groups in total. The summed E-state index contributed by atoms with van der Waals surface area (Å²) in [5.74, 6) is 0.695. The van der Waals surface area contributed by atoms with Crippen LogP contribution in [0.25, 0.3) is 0 Å². The van der Waals surface area contributed by atoms with Gasteiger partial charge in [0.2, 0.25) is 0 Å². The van der Waals surface area contributed by atoms with Crippen molar-refractivity contribution in [2.45, 2.75) is 25.8 Å². The Balaban J connectivity index is 1.88. The van der Waals surface area contributed by atoms with E-state index >= 15 is 0 Å². The van der Waals surface area contributed by atoms with E-state index in [2.05, 4.69) is 36.2 Å². The van der Waals surface area contributed by atoms with Gasteiger partial charge in [-0.15, -0.1) is 0 Å². The third-order valence-corrected chi connectivity index (χ3v) is 3.80. The monoisotopic (exact) mass is 262 g/mol. The molecular weight excluding hydrogens is 236 g/mol. The smallest absolute Gasteiger partial charge is 0.0506 e. The number of benzene rings is 1. The lowest BCUT2D eigenvalue weighted by Gasteiger charge is -2.27. The van der Waals surface area contributed by atoms with Crippen LogP contribution in [-0.4, -0.2) is 38.3 Å². The van der Waals surface area contributed by atoms with Crippen molar-refractivity contribution < 1.29 is 4.74 Å². The summed E-state index contributed by atoms with van der Waals surface area (Å²) in [5.41, 5.74) is 8.47. The van der Waals surface area contributed by atoms with Gasteiger partial charge in [-0.2, -0.15) is 0 Å². The maximum atomic E-state index is 5.68. The maximum Gasteiger partial charge on any atom is 0.0506 e. The lowest BCUT2D eigenvalue weighted by atomic mass is 10.0. The molecule has 3 heteroatoms. The van der Waals surface area contributed by atoms with Gasteiger partial charge >= 0.3 is 0 Å². The predicted molar refractivity (Wildman–Crippen MR) is 79.1 cm³/mol. The minimum Gasteiger partial charge on any atom is -0.381 e. The molecule has 0 amide bonds. The van der Waals surface area contributed by atoms with E-state index in [0.29, 0.717) is 5.92 Å². The van der Waals surface area contributed by atoms with Crippen molar-refractivity contribution in [1.29, 1.82) is 0 Å². The summed E-state index contributed by atoms with van der Waals surface area (Å²) in [6, 6.07) is 8.63. The van der Waals surface area contributed by atoms with E-state index in [9.17, 15) is 0 Å². The van der Waals surface area contributed by atoms with Crippen LogP contribution in [0.5, 0.6) is 0 Å². The summed E-state index contributed by atoms with van der Waals surface area (Å²) in [6.45, 7) is 4.72. The molecule has 1 unspecified atom stereocenters. The van der Waals surface area contributed by atoms with E-state index < -0.39 is 0 Å². The average Bonchev–Trinajstić information content (AvgIpc) is 2.42. The molecule has 0 aromatic heterocycles. The third-order valence-electron chi connectivity index (χ3n) is 3.80. The standard InChI is InChI=1S/C16H26N2O/c1-18(11-14-5-4-10-19-13-14)12-16-7-3-2-6-15(16)8-9-17/h2-3,6-7,14H,4-5,8-13,17H2,1H3. The molecule has 0 spiro atoms. The van der Waals surface area contributed by atoms with Gasteiger partial charge in [0.05, 0.1) is 6.61 Å². The molecule has 1 saturated heterocycles. The number of hydrogen-bond acceptors (Lipinski definition) is 3. The van der Waals surface area contributed by atoms with Crippen molar-refractivity contribution in [2.75, 3.05) is 33.4 Å². The number of nitrogens with zero attached hydrogens (tertiary/aromatic N) is 1. The van der Waals surface area contributed by atoms with Gasteiger partial charge in [0.25, 0.3) is 0 Å². The Morgan fingerprint density at radius 1 is 1.32 bits per heavy atom. The van der Waals surface area contributed by atoms with Crippen LogP contribution in [-0.2, 0) is 17.7 Å². The van der Waals surface area contributed by atoms with Crippen LogP contribution in [0.2, 0.25) is 0 Å². The van der Waals surface area contributed by atoms with Crippen LogP contribution in [0.4, 0.5) is 0 Å². The SMILES string of the molecule is CN(Cc1ccccc1CCN)CC1CCCOC1. The highest BCUT2D eigenvalue weighted by Gasteiger charge is 2.16. The first-order valence-corrected chi connectivity index (χ1v) is 7.32. The molecule has 0 radical (unpaired) electrons. The number of rotatable bonds is 6. The average molecular weight is 262 g/mol. The summed E-state index contributed by atoms with van der Waals surface area (Å²) in [5, 5.41) is 0. The first-order chi connectivity index (χ1) is 9.29. The zero-order valence-corrected chi connectivity index (χ0v) is 12.0. The molecule has 0 bridgehead atoms. The van der Waals surface area contributed by atoms with E-state index in [-0.39, 0.29) is 0 Å². The summed E-state index contributed by atoms with van der Waals surface area (Å²) in [6.07, 6.45) is 3.48. The van der Waals surface area contributed by atoms with Crippen LogP contribution in [0.1, 0.15) is 24.0 Å². The minimum absolute atomic E-state index is 0.695. The van der Waals surface area contributed by atoms with Crippen molar-refractivity contribution in [1.82, 2.24) is 4.90 Å². The normalized spacial score (nSPS) is 19.8. The van der Waals surface area contributed by atoms with Crippen LogP contribution < -0.4 is 5.73 Å². The van der Waals surface area contributed by atoms with Crippen molar-refractivity contribution in [3.8, 4) is 0 Å². The fourth-order valence-corrected chi connectivity index (χ4v) is 2.86. The van der Waals surface area contributed by atoms with Gasteiger partial charge in [0, 0.05) is 19.7 Å². The van der Waals surface area contributed by atoms with Crippen LogP contribution >= 0.6 is 0 Å². The van der Waals surface area contributed by atoms with E-state index in [1.807, 2.05) is 0 Å². The van der Waals surface area contributed by atoms with Crippen molar-refractivity contribution in [2.24, 2.45) is 11.7 Å². The maximum absolute atomic E-state index is 5.68. The van der Waals surface area contributed by atoms with Gasteiger partial charge in [0.1, 0.15) is 0 Å². The highest BCUT2D eigenvalue weighted by atomic mass is 16.5. The Kier molecular flexibility index (Phi) is 5.83.